The van der Waals surface area contributed by atoms with E-state index < -0.39 is 28.5 Å². The van der Waals surface area contributed by atoms with Gasteiger partial charge in [-0.2, -0.15) is 0 Å². The summed E-state index contributed by atoms with van der Waals surface area (Å²) in [6.07, 6.45) is 2.00. The quantitative estimate of drug-likeness (QED) is 0.163. The molecule has 0 aliphatic carbocycles. The third kappa shape index (κ3) is 8.78. The van der Waals surface area contributed by atoms with Crippen LogP contribution in [0, 0.1) is 0 Å². The van der Waals surface area contributed by atoms with E-state index in [1.54, 1.807) is 42.5 Å². The number of unbranched alkanes of at least 4 members (excludes halogenated alkanes) is 1. The third-order valence-corrected chi connectivity index (χ3v) is 9.28. The van der Waals surface area contributed by atoms with Gasteiger partial charge in [0, 0.05) is 24.0 Å². The van der Waals surface area contributed by atoms with Crippen molar-refractivity contribution in [2.75, 3.05) is 17.4 Å². The van der Waals surface area contributed by atoms with Gasteiger partial charge in [0.05, 0.1) is 10.6 Å². The molecule has 4 aromatic carbocycles. The zero-order chi connectivity index (χ0) is 30.7. The summed E-state index contributed by atoms with van der Waals surface area (Å²) in [5, 5.41) is 3.00. The Morgan fingerprint density at radius 2 is 1.42 bits per heavy atom. The second-order valence-electron chi connectivity index (χ2n) is 10.2. The molecule has 9 heteroatoms. The number of hydrogen-bond acceptors (Lipinski definition) is 4. The molecular weight excluding hydrogens is 626 g/mol. The highest BCUT2D eigenvalue weighted by Gasteiger charge is 2.34. The van der Waals surface area contributed by atoms with Crippen molar-refractivity contribution >= 4 is 43.5 Å². The molecule has 0 spiro atoms. The molecular formula is C34H36BrN3O4S. The fourth-order valence-corrected chi connectivity index (χ4v) is 6.53. The Bertz CT molecular complexity index is 1590. The minimum absolute atomic E-state index is 0.0653. The van der Waals surface area contributed by atoms with Crippen LogP contribution in [0.25, 0.3) is 0 Å². The van der Waals surface area contributed by atoms with E-state index in [1.165, 1.54) is 17.0 Å². The normalized spacial score (nSPS) is 11.9. The molecule has 0 aliphatic rings. The summed E-state index contributed by atoms with van der Waals surface area (Å²) in [5.41, 5.74) is 2.05. The van der Waals surface area contributed by atoms with E-state index in [0.717, 1.165) is 28.3 Å². The number of rotatable bonds is 14. The van der Waals surface area contributed by atoms with Crippen molar-refractivity contribution in [2.24, 2.45) is 0 Å². The Kier molecular flexibility index (Phi) is 11.5. The zero-order valence-corrected chi connectivity index (χ0v) is 26.5. The van der Waals surface area contributed by atoms with Crippen LogP contribution in [0.15, 0.2) is 125 Å². The first-order valence-corrected chi connectivity index (χ1v) is 16.5. The fraction of sp³-hybridized carbons (Fsp3) is 0.235. The topological polar surface area (TPSA) is 86.8 Å². The SMILES string of the molecule is CCCCNC(=O)[C@@H](Cc1ccccc1)N(Cc1ccccc1)C(=O)CN(c1cccc(Br)c1)S(=O)(=O)c1ccccc1. The van der Waals surface area contributed by atoms with E-state index in [-0.39, 0.29) is 23.8 Å². The maximum Gasteiger partial charge on any atom is 0.264 e. The first-order valence-electron chi connectivity index (χ1n) is 14.3. The number of nitrogens with zero attached hydrogens (tertiary/aromatic N) is 2. The lowest BCUT2D eigenvalue weighted by Gasteiger charge is -2.34. The number of hydrogen-bond donors (Lipinski definition) is 1. The number of nitrogens with one attached hydrogen (secondary N) is 1. The Morgan fingerprint density at radius 3 is 2.02 bits per heavy atom. The summed E-state index contributed by atoms with van der Waals surface area (Å²) in [5.74, 6) is -0.767. The van der Waals surface area contributed by atoms with Gasteiger partial charge in [0.15, 0.2) is 0 Å². The Balaban J connectivity index is 1.77. The summed E-state index contributed by atoms with van der Waals surface area (Å²) in [4.78, 5) is 29.7. The van der Waals surface area contributed by atoms with Crippen molar-refractivity contribution in [3.05, 3.63) is 131 Å². The molecule has 0 saturated carbocycles. The molecule has 4 rings (SSSR count). The van der Waals surface area contributed by atoms with Crippen LogP contribution >= 0.6 is 15.9 Å². The second-order valence-corrected chi connectivity index (χ2v) is 12.9. The van der Waals surface area contributed by atoms with Gasteiger partial charge in [-0.1, -0.05) is 114 Å². The van der Waals surface area contributed by atoms with Crippen molar-refractivity contribution in [3.8, 4) is 0 Å². The Morgan fingerprint density at radius 1 is 0.814 bits per heavy atom. The summed E-state index contributed by atoms with van der Waals surface area (Å²) >= 11 is 3.43. The van der Waals surface area contributed by atoms with E-state index in [1.807, 2.05) is 67.6 Å². The average molecular weight is 663 g/mol. The summed E-state index contributed by atoms with van der Waals surface area (Å²) < 4.78 is 29.8. The number of sulfonamides is 1. The standard InChI is InChI=1S/C34H36BrN3O4S/c1-2-3-22-36-34(40)32(23-27-14-7-4-8-15-27)37(25-28-16-9-5-10-17-28)33(39)26-38(30-19-13-18-29(35)24-30)43(41,42)31-20-11-6-12-21-31/h4-21,24,32H,2-3,22-23,25-26H2,1H3,(H,36,40)/t32-/m1/s1. The van der Waals surface area contributed by atoms with Gasteiger partial charge in [0.2, 0.25) is 11.8 Å². The molecule has 4 aromatic rings. The third-order valence-electron chi connectivity index (χ3n) is 7.00. The molecule has 0 saturated heterocycles. The molecule has 0 aliphatic heterocycles. The number of anilines is 1. The molecule has 0 aromatic heterocycles. The van der Waals surface area contributed by atoms with Crippen LogP contribution in [0.5, 0.6) is 0 Å². The molecule has 2 amide bonds. The van der Waals surface area contributed by atoms with Gasteiger partial charge in [0.25, 0.3) is 10.0 Å². The fourth-order valence-electron chi connectivity index (χ4n) is 4.72. The molecule has 1 N–H and O–H groups in total. The molecule has 0 heterocycles. The van der Waals surface area contributed by atoms with Gasteiger partial charge in [-0.05, 0) is 47.9 Å². The highest BCUT2D eigenvalue weighted by Crippen LogP contribution is 2.27. The van der Waals surface area contributed by atoms with Crippen LogP contribution in [0.4, 0.5) is 5.69 Å². The number of halogens is 1. The van der Waals surface area contributed by atoms with Crippen molar-refractivity contribution in [1.82, 2.24) is 10.2 Å². The smallest absolute Gasteiger partial charge is 0.264 e. The molecule has 0 bridgehead atoms. The van der Waals surface area contributed by atoms with Crippen LogP contribution in [0.3, 0.4) is 0 Å². The molecule has 224 valence electrons. The lowest BCUT2D eigenvalue weighted by Crippen LogP contribution is -2.53. The summed E-state index contributed by atoms with van der Waals surface area (Å²) in [6, 6.07) is 32.9. The number of carbonyl (C=O) groups excluding carboxylic acids is 2. The van der Waals surface area contributed by atoms with Crippen LogP contribution < -0.4 is 9.62 Å². The lowest BCUT2D eigenvalue weighted by atomic mass is 10.0. The Labute approximate surface area is 262 Å². The predicted octanol–water partition coefficient (Wildman–Crippen LogP) is 6.20. The monoisotopic (exact) mass is 661 g/mol. The highest BCUT2D eigenvalue weighted by molar-refractivity contribution is 9.10. The van der Waals surface area contributed by atoms with Gasteiger partial charge in [0.1, 0.15) is 12.6 Å². The minimum atomic E-state index is -4.13. The van der Waals surface area contributed by atoms with Crippen molar-refractivity contribution in [1.29, 1.82) is 0 Å². The molecule has 0 fully saturated rings. The van der Waals surface area contributed by atoms with Crippen molar-refractivity contribution in [3.63, 3.8) is 0 Å². The first kappa shape index (κ1) is 32.0. The average Bonchev–Trinajstić information content (AvgIpc) is 3.03. The summed E-state index contributed by atoms with van der Waals surface area (Å²) in [7, 11) is -4.13. The van der Waals surface area contributed by atoms with Gasteiger partial charge in [-0.15, -0.1) is 0 Å². The maximum atomic E-state index is 14.4. The second kappa shape index (κ2) is 15.5. The van der Waals surface area contributed by atoms with E-state index in [4.69, 9.17) is 0 Å². The molecule has 43 heavy (non-hydrogen) atoms. The van der Waals surface area contributed by atoms with Gasteiger partial charge in [-0.3, -0.25) is 13.9 Å². The maximum absolute atomic E-state index is 14.4. The summed E-state index contributed by atoms with van der Waals surface area (Å²) in [6.45, 7) is 2.17. The van der Waals surface area contributed by atoms with E-state index in [0.29, 0.717) is 16.7 Å². The van der Waals surface area contributed by atoms with Crippen LogP contribution in [0.2, 0.25) is 0 Å². The van der Waals surface area contributed by atoms with Crippen LogP contribution in [0.1, 0.15) is 30.9 Å². The first-order chi connectivity index (χ1) is 20.8. The van der Waals surface area contributed by atoms with Crippen molar-refractivity contribution < 1.29 is 18.0 Å². The van der Waals surface area contributed by atoms with Crippen molar-refractivity contribution in [2.45, 2.75) is 43.7 Å². The Hall–Kier alpha value is -3.95. The highest BCUT2D eigenvalue weighted by atomic mass is 79.9. The number of carbonyl (C=O) groups is 2. The van der Waals surface area contributed by atoms with E-state index in [2.05, 4.69) is 21.2 Å². The molecule has 7 nitrogen and oxygen atoms in total. The van der Waals surface area contributed by atoms with Gasteiger partial charge >= 0.3 is 0 Å². The van der Waals surface area contributed by atoms with Crippen LogP contribution in [-0.2, 0) is 32.6 Å². The minimum Gasteiger partial charge on any atom is -0.354 e. The molecule has 0 radical (unpaired) electrons. The van der Waals surface area contributed by atoms with Crippen LogP contribution in [-0.4, -0.2) is 44.3 Å². The number of benzene rings is 4. The number of amides is 2. The zero-order valence-electron chi connectivity index (χ0n) is 24.1. The lowest BCUT2D eigenvalue weighted by molar-refractivity contribution is -0.140. The van der Waals surface area contributed by atoms with Gasteiger partial charge < -0.3 is 10.2 Å². The largest absolute Gasteiger partial charge is 0.354 e. The predicted molar refractivity (Wildman–Crippen MR) is 174 cm³/mol. The molecule has 1 atom stereocenters. The molecule has 0 unspecified atom stereocenters. The van der Waals surface area contributed by atoms with E-state index in [9.17, 15) is 18.0 Å². The van der Waals surface area contributed by atoms with E-state index >= 15 is 0 Å². The van der Waals surface area contributed by atoms with Gasteiger partial charge in [-0.25, -0.2) is 8.42 Å².